The lowest BCUT2D eigenvalue weighted by molar-refractivity contribution is 0.0996. The van der Waals surface area contributed by atoms with Gasteiger partial charge in [-0.2, -0.15) is 15.4 Å². The van der Waals surface area contributed by atoms with Crippen LogP contribution in [0.15, 0.2) is 24.3 Å². The van der Waals surface area contributed by atoms with Crippen LogP contribution in [0.3, 0.4) is 0 Å². The van der Waals surface area contributed by atoms with Gasteiger partial charge < -0.3 is 14.8 Å². The maximum Gasteiger partial charge on any atom is 0.361 e. The van der Waals surface area contributed by atoms with Crippen molar-refractivity contribution in [3.8, 4) is 11.3 Å². The van der Waals surface area contributed by atoms with E-state index in [-0.39, 0.29) is 18.9 Å². The predicted molar refractivity (Wildman–Crippen MR) is 80.8 cm³/mol. The van der Waals surface area contributed by atoms with Crippen molar-refractivity contribution < 1.29 is 18.4 Å². The molecule has 1 heterocycles. The van der Waals surface area contributed by atoms with E-state index >= 15 is 0 Å². The van der Waals surface area contributed by atoms with Crippen molar-refractivity contribution in [3.05, 3.63) is 30.0 Å². The summed E-state index contributed by atoms with van der Waals surface area (Å²) in [5, 5.41) is 10.4. The zero-order valence-corrected chi connectivity index (χ0v) is 13.2. The van der Waals surface area contributed by atoms with Crippen molar-refractivity contribution in [1.82, 2.24) is 15.4 Å². The quantitative estimate of drug-likeness (QED) is 0.744. The summed E-state index contributed by atoms with van der Waals surface area (Å²) in [6, 6.07) is 6.54. The topological polar surface area (TPSA) is 120 Å². The number of aromatic amines is 1. The van der Waals surface area contributed by atoms with E-state index in [1.54, 1.807) is 38.1 Å². The van der Waals surface area contributed by atoms with E-state index < -0.39 is 13.5 Å². The van der Waals surface area contributed by atoms with E-state index in [1.807, 2.05) is 0 Å². The van der Waals surface area contributed by atoms with Crippen LogP contribution in [0.2, 0.25) is 0 Å². The average Bonchev–Trinajstić information content (AvgIpc) is 2.97. The second-order valence-electron chi connectivity index (χ2n) is 4.26. The van der Waals surface area contributed by atoms with Crippen LogP contribution in [0.5, 0.6) is 0 Å². The fraction of sp³-hybridized carbons (Fsp3) is 0.308. The Morgan fingerprint density at radius 3 is 2.27 bits per heavy atom. The smallest absolute Gasteiger partial charge is 0.361 e. The zero-order chi connectivity index (χ0) is 16.2. The fourth-order valence-corrected chi connectivity index (χ4v) is 3.50. The van der Waals surface area contributed by atoms with Gasteiger partial charge in [-0.15, -0.1) is 0 Å². The summed E-state index contributed by atoms with van der Waals surface area (Å²) in [6.07, 6.45) is 0. The molecule has 0 aliphatic heterocycles. The number of aromatic nitrogens is 3. The van der Waals surface area contributed by atoms with Crippen molar-refractivity contribution in [2.24, 2.45) is 5.73 Å². The molecule has 0 unspecified atom stereocenters. The lowest BCUT2D eigenvalue weighted by Gasteiger charge is -2.17. The minimum absolute atomic E-state index is 0.0468. The highest BCUT2D eigenvalue weighted by Gasteiger charge is 2.26. The second-order valence-corrected chi connectivity index (χ2v) is 6.29. The summed E-state index contributed by atoms with van der Waals surface area (Å²) >= 11 is 0. The molecular formula is C13H17N4O4P. The van der Waals surface area contributed by atoms with Crippen molar-refractivity contribution in [1.29, 1.82) is 0 Å². The first kappa shape index (κ1) is 16.4. The number of nitrogens with zero attached hydrogens (tertiary/aromatic N) is 2. The Balaban J connectivity index is 2.35. The number of nitrogens with two attached hydrogens (primary N) is 1. The molecule has 0 bridgehead atoms. The minimum atomic E-state index is -3.33. The Kier molecular flexibility index (Phi) is 5.07. The third kappa shape index (κ3) is 3.24. The first-order valence-electron chi connectivity index (χ1n) is 6.72. The number of benzene rings is 1. The van der Waals surface area contributed by atoms with E-state index in [0.717, 1.165) is 0 Å². The number of nitrogens with one attached hydrogen (secondary N) is 1. The summed E-state index contributed by atoms with van der Waals surface area (Å²) in [5.41, 5.74) is 6.23. The maximum atomic E-state index is 12.6. The molecule has 1 aromatic heterocycles. The zero-order valence-electron chi connectivity index (χ0n) is 12.3. The van der Waals surface area contributed by atoms with E-state index in [1.165, 1.54) is 0 Å². The van der Waals surface area contributed by atoms with Crippen molar-refractivity contribution in [2.75, 3.05) is 13.2 Å². The van der Waals surface area contributed by atoms with Gasteiger partial charge >= 0.3 is 7.60 Å². The molecule has 1 aromatic carbocycles. The number of primary amides is 1. The van der Waals surface area contributed by atoms with Gasteiger partial charge in [0.15, 0.2) is 5.69 Å². The van der Waals surface area contributed by atoms with Gasteiger partial charge in [0.1, 0.15) is 5.69 Å². The van der Waals surface area contributed by atoms with E-state index in [9.17, 15) is 9.36 Å². The highest BCUT2D eigenvalue weighted by Crippen LogP contribution is 2.46. The molecule has 0 aliphatic carbocycles. The molecule has 0 radical (unpaired) electrons. The van der Waals surface area contributed by atoms with Crippen LogP contribution in [-0.2, 0) is 13.6 Å². The van der Waals surface area contributed by atoms with Crippen LogP contribution < -0.4 is 11.0 Å². The largest absolute Gasteiger partial charge is 0.364 e. The van der Waals surface area contributed by atoms with Gasteiger partial charge in [-0.1, -0.05) is 12.1 Å². The van der Waals surface area contributed by atoms with Gasteiger partial charge in [0.05, 0.1) is 18.5 Å². The van der Waals surface area contributed by atoms with E-state index in [4.69, 9.17) is 14.8 Å². The van der Waals surface area contributed by atoms with Crippen LogP contribution in [0, 0.1) is 0 Å². The van der Waals surface area contributed by atoms with Gasteiger partial charge in [0, 0.05) is 5.56 Å². The first-order chi connectivity index (χ1) is 10.5. The van der Waals surface area contributed by atoms with Gasteiger partial charge in [-0.3, -0.25) is 9.36 Å². The second kappa shape index (κ2) is 6.83. The monoisotopic (exact) mass is 324 g/mol. The molecule has 1 amide bonds. The van der Waals surface area contributed by atoms with Crippen LogP contribution >= 0.6 is 7.60 Å². The Morgan fingerprint density at radius 2 is 1.77 bits per heavy atom. The minimum Gasteiger partial charge on any atom is -0.364 e. The number of rotatable bonds is 7. The highest BCUT2D eigenvalue weighted by atomic mass is 31.2. The summed E-state index contributed by atoms with van der Waals surface area (Å²) in [4.78, 5) is 11.3. The average molecular weight is 324 g/mol. The number of carbonyl (C=O) groups excluding carboxylic acids is 1. The molecule has 0 saturated carbocycles. The van der Waals surface area contributed by atoms with Gasteiger partial charge in [-0.25, -0.2) is 0 Å². The van der Waals surface area contributed by atoms with Gasteiger partial charge in [-0.05, 0) is 26.0 Å². The van der Waals surface area contributed by atoms with Crippen LogP contribution in [0.1, 0.15) is 24.3 Å². The SMILES string of the molecule is CCOP(=O)(OCC)c1ccc(-c2n[nH]nc2C(N)=O)cc1. The maximum absolute atomic E-state index is 12.6. The number of hydrogen-bond acceptors (Lipinski definition) is 6. The van der Waals surface area contributed by atoms with Crippen LogP contribution in [0.25, 0.3) is 11.3 Å². The Bertz CT molecular complexity index is 688. The van der Waals surface area contributed by atoms with Crippen molar-refractivity contribution in [3.63, 3.8) is 0 Å². The van der Waals surface area contributed by atoms with E-state index in [2.05, 4.69) is 15.4 Å². The molecule has 0 aliphatic rings. The highest BCUT2D eigenvalue weighted by molar-refractivity contribution is 7.62. The molecule has 8 nitrogen and oxygen atoms in total. The Labute approximate surface area is 127 Å². The molecule has 22 heavy (non-hydrogen) atoms. The molecule has 2 rings (SSSR count). The molecule has 0 atom stereocenters. The summed E-state index contributed by atoms with van der Waals surface area (Å²) in [5.74, 6) is -0.679. The van der Waals surface area contributed by atoms with Crippen LogP contribution in [-0.4, -0.2) is 34.5 Å². The summed E-state index contributed by atoms with van der Waals surface area (Å²) in [6.45, 7) is 4.03. The predicted octanol–water partition coefficient (Wildman–Crippen LogP) is 1.46. The third-order valence-electron chi connectivity index (χ3n) is 2.84. The molecule has 2 aromatic rings. The fourth-order valence-electron chi connectivity index (χ4n) is 1.93. The standard InChI is InChI=1S/C13H17N4O4P/c1-3-20-22(19,21-4-2)10-7-5-9(6-8-10)11-12(13(14)18)16-17-15-11/h5-8H,3-4H2,1-2H3,(H2,14,18)(H,15,16,17). The van der Waals surface area contributed by atoms with Crippen molar-refractivity contribution in [2.45, 2.75) is 13.8 Å². The lowest BCUT2D eigenvalue weighted by Crippen LogP contribution is -2.13. The number of carbonyl (C=O) groups is 1. The molecule has 3 N–H and O–H groups in total. The molecule has 0 spiro atoms. The molecule has 0 fully saturated rings. The lowest BCUT2D eigenvalue weighted by atomic mass is 10.1. The number of H-pyrrole nitrogens is 1. The van der Waals surface area contributed by atoms with Crippen molar-refractivity contribution >= 4 is 18.8 Å². The molecular weight excluding hydrogens is 307 g/mol. The molecule has 0 saturated heterocycles. The molecule has 9 heteroatoms. The normalized spacial score (nSPS) is 11.5. The number of hydrogen-bond donors (Lipinski definition) is 2. The number of amides is 1. The van der Waals surface area contributed by atoms with Gasteiger partial charge in [0.2, 0.25) is 0 Å². The third-order valence-corrected chi connectivity index (χ3v) is 4.96. The van der Waals surface area contributed by atoms with Gasteiger partial charge in [0.25, 0.3) is 5.91 Å². The molecule has 118 valence electrons. The summed E-state index contributed by atoms with van der Waals surface area (Å²) in [7, 11) is -3.33. The Hall–Kier alpha value is -2.02. The van der Waals surface area contributed by atoms with Crippen LogP contribution in [0.4, 0.5) is 0 Å². The van der Waals surface area contributed by atoms with E-state index in [0.29, 0.717) is 16.6 Å². The summed E-state index contributed by atoms with van der Waals surface area (Å²) < 4.78 is 23.2. The first-order valence-corrected chi connectivity index (χ1v) is 8.26. The Morgan fingerprint density at radius 1 is 1.18 bits per heavy atom.